The molecule has 2 bridgehead atoms. The minimum atomic E-state index is -0.263. The summed E-state index contributed by atoms with van der Waals surface area (Å²) in [6, 6.07) is 7.96. The second kappa shape index (κ2) is 6.21. The molecule has 0 unspecified atom stereocenters. The zero-order chi connectivity index (χ0) is 15.8. The molecule has 124 valence electrons. The summed E-state index contributed by atoms with van der Waals surface area (Å²) in [5.41, 5.74) is 1.09. The third kappa shape index (κ3) is 3.00. The third-order valence-corrected chi connectivity index (χ3v) is 6.16. The van der Waals surface area contributed by atoms with Gasteiger partial charge >= 0.3 is 0 Å². The Kier molecular flexibility index (Phi) is 4.07. The molecular weight excluding hydrogens is 290 g/mol. The van der Waals surface area contributed by atoms with Crippen molar-refractivity contribution in [2.45, 2.75) is 38.3 Å². The summed E-state index contributed by atoms with van der Waals surface area (Å²) in [5.74, 6) is 1.94. The minimum Gasteiger partial charge on any atom is -0.298 e. The van der Waals surface area contributed by atoms with Crippen LogP contribution in [0.5, 0.6) is 0 Å². The van der Waals surface area contributed by atoms with Crippen molar-refractivity contribution in [3.8, 4) is 0 Å². The highest BCUT2D eigenvalue weighted by Gasteiger charge is 2.42. The molecule has 1 aromatic rings. The zero-order valence-corrected chi connectivity index (χ0v) is 13.6. The molecular formula is C18H25N3O2. The first-order chi connectivity index (χ1) is 11.2. The van der Waals surface area contributed by atoms with Gasteiger partial charge in [0.15, 0.2) is 0 Å². The fourth-order valence-corrected chi connectivity index (χ4v) is 4.98. The molecule has 2 saturated carbocycles. The Labute approximate surface area is 137 Å². The predicted molar refractivity (Wildman–Crippen MR) is 89.2 cm³/mol. The highest BCUT2D eigenvalue weighted by atomic mass is 16.6. The number of nitro groups is 1. The Balaban J connectivity index is 1.34. The number of para-hydroxylation sites is 1. The molecule has 3 fully saturated rings. The summed E-state index contributed by atoms with van der Waals surface area (Å²) in [7, 11) is 0. The van der Waals surface area contributed by atoms with Gasteiger partial charge in [0.25, 0.3) is 5.69 Å². The van der Waals surface area contributed by atoms with Gasteiger partial charge < -0.3 is 0 Å². The van der Waals surface area contributed by atoms with Crippen LogP contribution in [0, 0.1) is 22.0 Å². The number of hydrogen-bond donors (Lipinski definition) is 0. The van der Waals surface area contributed by atoms with Crippen LogP contribution in [0.25, 0.3) is 0 Å². The van der Waals surface area contributed by atoms with Gasteiger partial charge in [0.2, 0.25) is 0 Å². The van der Waals surface area contributed by atoms with Crippen molar-refractivity contribution >= 4 is 5.69 Å². The molecule has 0 N–H and O–H groups in total. The molecule has 1 saturated heterocycles. The molecule has 0 radical (unpaired) electrons. The summed E-state index contributed by atoms with van der Waals surface area (Å²) < 4.78 is 0. The largest absolute Gasteiger partial charge is 0.298 e. The predicted octanol–water partition coefficient (Wildman–Crippen LogP) is 2.90. The van der Waals surface area contributed by atoms with Gasteiger partial charge in [-0.2, -0.15) is 0 Å². The van der Waals surface area contributed by atoms with Crippen LogP contribution >= 0.6 is 0 Å². The molecule has 3 aliphatic rings. The Morgan fingerprint density at radius 1 is 1.09 bits per heavy atom. The van der Waals surface area contributed by atoms with E-state index >= 15 is 0 Å². The molecule has 1 aliphatic heterocycles. The molecule has 4 rings (SSSR count). The van der Waals surface area contributed by atoms with Gasteiger partial charge in [-0.15, -0.1) is 0 Å². The number of benzene rings is 1. The number of hydrogen-bond acceptors (Lipinski definition) is 4. The molecule has 0 spiro atoms. The van der Waals surface area contributed by atoms with E-state index in [9.17, 15) is 10.1 Å². The van der Waals surface area contributed by atoms with Crippen molar-refractivity contribution < 1.29 is 4.92 Å². The van der Waals surface area contributed by atoms with E-state index < -0.39 is 0 Å². The average molecular weight is 315 g/mol. The van der Waals surface area contributed by atoms with Crippen LogP contribution < -0.4 is 0 Å². The number of fused-ring (bicyclic) bond motifs is 2. The highest BCUT2D eigenvalue weighted by molar-refractivity contribution is 5.39. The van der Waals surface area contributed by atoms with Crippen molar-refractivity contribution in [2.75, 3.05) is 26.2 Å². The number of piperazine rings is 1. The maximum Gasteiger partial charge on any atom is 0.273 e. The van der Waals surface area contributed by atoms with E-state index in [2.05, 4.69) is 9.80 Å². The van der Waals surface area contributed by atoms with Crippen LogP contribution in [0.1, 0.15) is 31.2 Å². The van der Waals surface area contributed by atoms with Crippen molar-refractivity contribution in [3.05, 3.63) is 39.9 Å². The van der Waals surface area contributed by atoms with Gasteiger partial charge in [-0.05, 0) is 31.1 Å². The quantitative estimate of drug-likeness (QED) is 0.633. The first-order valence-corrected chi connectivity index (χ1v) is 8.89. The first kappa shape index (κ1) is 15.1. The van der Waals surface area contributed by atoms with Crippen LogP contribution in [-0.2, 0) is 6.54 Å². The summed E-state index contributed by atoms with van der Waals surface area (Å²) >= 11 is 0. The third-order valence-electron chi connectivity index (χ3n) is 6.16. The van der Waals surface area contributed by atoms with Gasteiger partial charge in [0.1, 0.15) is 0 Å². The Hall–Kier alpha value is -1.46. The second-order valence-corrected chi connectivity index (χ2v) is 7.44. The smallest absolute Gasteiger partial charge is 0.273 e. The lowest BCUT2D eigenvalue weighted by atomic mass is 9.93. The van der Waals surface area contributed by atoms with Crippen LogP contribution in [0.3, 0.4) is 0 Å². The van der Waals surface area contributed by atoms with Crippen LogP contribution in [0.4, 0.5) is 5.69 Å². The lowest BCUT2D eigenvalue weighted by Gasteiger charge is -2.41. The van der Waals surface area contributed by atoms with E-state index in [1.807, 2.05) is 12.1 Å². The van der Waals surface area contributed by atoms with E-state index in [1.165, 1.54) is 25.7 Å². The monoisotopic (exact) mass is 315 g/mol. The lowest BCUT2D eigenvalue weighted by Crippen LogP contribution is -2.51. The summed E-state index contributed by atoms with van der Waals surface area (Å²) in [6.45, 7) is 4.99. The van der Waals surface area contributed by atoms with Crippen molar-refractivity contribution in [2.24, 2.45) is 11.8 Å². The van der Waals surface area contributed by atoms with Gasteiger partial charge in [-0.1, -0.05) is 24.6 Å². The number of nitrogens with zero attached hydrogens (tertiary/aromatic N) is 3. The first-order valence-electron chi connectivity index (χ1n) is 8.89. The van der Waals surface area contributed by atoms with Crippen LogP contribution in [0.2, 0.25) is 0 Å². The van der Waals surface area contributed by atoms with Crippen LogP contribution in [0.15, 0.2) is 24.3 Å². The topological polar surface area (TPSA) is 49.6 Å². The molecule has 23 heavy (non-hydrogen) atoms. The summed E-state index contributed by atoms with van der Waals surface area (Å²) in [4.78, 5) is 15.9. The number of nitro benzene ring substituents is 1. The molecule has 3 atom stereocenters. The molecule has 1 heterocycles. The van der Waals surface area contributed by atoms with Gasteiger partial charge in [-0.3, -0.25) is 19.9 Å². The van der Waals surface area contributed by atoms with E-state index in [4.69, 9.17) is 0 Å². The zero-order valence-electron chi connectivity index (χ0n) is 13.6. The summed E-state index contributed by atoms with van der Waals surface area (Å²) in [5, 5.41) is 11.1. The molecule has 5 nitrogen and oxygen atoms in total. The Bertz CT molecular complexity index is 583. The normalized spacial score (nSPS) is 31.6. The van der Waals surface area contributed by atoms with Gasteiger partial charge in [0.05, 0.1) is 4.92 Å². The Morgan fingerprint density at radius 2 is 1.87 bits per heavy atom. The van der Waals surface area contributed by atoms with Crippen LogP contribution in [-0.4, -0.2) is 46.9 Å². The van der Waals surface area contributed by atoms with E-state index in [-0.39, 0.29) is 10.6 Å². The molecule has 1 aromatic carbocycles. The van der Waals surface area contributed by atoms with Gasteiger partial charge in [-0.25, -0.2) is 0 Å². The standard InChI is InChI=1S/C18H25N3O2/c22-21(23)17-4-2-1-3-16(17)13-19-7-9-20(10-8-19)18-12-14-5-6-15(18)11-14/h1-4,14-15,18H,5-13H2/t14-,15+,18-/m0/s1. The van der Waals surface area contributed by atoms with E-state index in [0.717, 1.165) is 49.6 Å². The van der Waals surface area contributed by atoms with E-state index in [0.29, 0.717) is 6.54 Å². The maximum absolute atomic E-state index is 11.1. The fourth-order valence-electron chi connectivity index (χ4n) is 4.98. The second-order valence-electron chi connectivity index (χ2n) is 7.44. The summed E-state index contributed by atoms with van der Waals surface area (Å²) in [6.07, 6.45) is 5.76. The Morgan fingerprint density at radius 3 is 2.52 bits per heavy atom. The number of rotatable bonds is 4. The SMILES string of the molecule is O=[N+]([O-])c1ccccc1CN1CCN([C@H]2C[C@H]3CC[C@@H]2C3)CC1. The fraction of sp³-hybridized carbons (Fsp3) is 0.667. The minimum absolute atomic E-state index is 0.253. The van der Waals surface area contributed by atoms with E-state index in [1.54, 1.807) is 12.1 Å². The van der Waals surface area contributed by atoms with Crippen molar-refractivity contribution in [1.29, 1.82) is 0 Å². The van der Waals surface area contributed by atoms with Gasteiger partial charge in [0, 0.05) is 50.4 Å². The lowest BCUT2D eigenvalue weighted by molar-refractivity contribution is -0.385. The van der Waals surface area contributed by atoms with Crippen molar-refractivity contribution in [3.63, 3.8) is 0 Å². The van der Waals surface area contributed by atoms with Crippen molar-refractivity contribution in [1.82, 2.24) is 9.80 Å². The molecule has 0 amide bonds. The molecule has 5 heteroatoms. The average Bonchev–Trinajstić information content (AvgIpc) is 3.19. The maximum atomic E-state index is 11.1. The molecule has 2 aliphatic carbocycles. The molecule has 0 aromatic heterocycles. The highest BCUT2D eigenvalue weighted by Crippen LogP contribution is 2.46.